The van der Waals surface area contributed by atoms with Crippen LogP contribution in [-0.2, 0) is 23.8 Å². The number of nitrogens with one attached hydrogen (secondary N) is 2. The maximum Gasteiger partial charge on any atom is 0.330 e. The van der Waals surface area contributed by atoms with Gasteiger partial charge in [0.2, 0.25) is 5.91 Å². The highest BCUT2D eigenvalue weighted by molar-refractivity contribution is 6.04. The second-order valence-corrected chi connectivity index (χ2v) is 15.6. The molecule has 0 aliphatic carbocycles. The number of aliphatic hydroxyl groups excluding tert-OH is 5. The second-order valence-electron chi connectivity index (χ2n) is 15.6. The highest BCUT2D eigenvalue weighted by Gasteiger charge is 2.55. The van der Waals surface area contributed by atoms with Crippen LogP contribution in [0.1, 0.15) is 90.2 Å². The summed E-state index contributed by atoms with van der Waals surface area (Å²) < 4.78 is 18.5. The number of aliphatic hydroxyl groups is 5. The number of amides is 4. The highest BCUT2D eigenvalue weighted by atomic mass is 16.7. The van der Waals surface area contributed by atoms with Gasteiger partial charge in [-0.05, 0) is 13.5 Å². The number of hydrogen-bond acceptors (Lipinski definition) is 15. The molecule has 4 amide bonds. The third kappa shape index (κ3) is 11.3. The molecule has 58 heavy (non-hydrogen) atoms. The van der Waals surface area contributed by atoms with Crippen LogP contribution in [0.15, 0.2) is 21.9 Å². The number of carbonyl (C=O) groups excluding carboxylic acids is 3. The van der Waals surface area contributed by atoms with Gasteiger partial charge in [-0.15, -0.1) is 0 Å². The number of nitrogens with zero attached hydrogens (tertiary/aromatic N) is 4. The monoisotopic (exact) mass is 827 g/mol. The lowest BCUT2D eigenvalue weighted by Gasteiger charge is -2.39. The Hall–Kier alpha value is -3.31. The maximum absolute atomic E-state index is 13.7. The van der Waals surface area contributed by atoms with Crippen molar-refractivity contribution in [2.24, 2.45) is 5.73 Å². The summed E-state index contributed by atoms with van der Waals surface area (Å²) in [4.78, 5) is 70.5. The molecule has 0 bridgehead atoms. The number of hydrogen-bond donors (Lipinski definition) is 8. The number of H-pyrrole nitrogens is 1. The fourth-order valence-corrected chi connectivity index (χ4v) is 8.05. The minimum Gasteiger partial charge on any atom is -0.389 e. The summed E-state index contributed by atoms with van der Waals surface area (Å²) in [6.45, 7) is 1.76. The lowest BCUT2D eigenvalue weighted by Crippen LogP contribution is -2.61. The predicted molar refractivity (Wildman–Crippen MR) is 208 cm³/mol. The Labute approximate surface area is 338 Å². The summed E-state index contributed by atoms with van der Waals surface area (Å²) in [5.74, 6) is -1.37. The van der Waals surface area contributed by atoms with Gasteiger partial charge in [0, 0.05) is 46.0 Å². The average molecular weight is 828 g/mol. The molecule has 1 aromatic rings. The van der Waals surface area contributed by atoms with E-state index >= 15 is 0 Å². The summed E-state index contributed by atoms with van der Waals surface area (Å²) >= 11 is 0. The Kier molecular flexibility index (Phi) is 18.2. The molecule has 0 radical (unpaired) electrons. The number of unbranched alkanes of at least 4 members (excludes halogenated alkanes) is 11. The quantitative estimate of drug-likeness (QED) is 0.0427. The van der Waals surface area contributed by atoms with Crippen molar-refractivity contribution in [2.75, 3.05) is 40.8 Å². The number of urea groups is 1. The Morgan fingerprint density at radius 1 is 0.931 bits per heavy atom. The molecule has 9 N–H and O–H groups in total. The van der Waals surface area contributed by atoms with Gasteiger partial charge in [0.25, 0.3) is 11.5 Å². The number of ether oxygens (including phenoxy) is 3. The minimum atomic E-state index is -1.86. The van der Waals surface area contributed by atoms with Crippen LogP contribution >= 0.6 is 0 Å². The molecule has 1 aromatic heterocycles. The van der Waals surface area contributed by atoms with E-state index in [0.29, 0.717) is 6.42 Å². The Morgan fingerprint density at radius 3 is 2.09 bits per heavy atom. The van der Waals surface area contributed by atoms with Crippen LogP contribution in [0.3, 0.4) is 0 Å². The van der Waals surface area contributed by atoms with Gasteiger partial charge in [-0.3, -0.25) is 33.7 Å². The number of aromatic nitrogens is 2. The topological polar surface area (TPSA) is 283 Å². The first-order chi connectivity index (χ1) is 27.7. The van der Waals surface area contributed by atoms with Crippen LogP contribution in [0.5, 0.6) is 0 Å². The zero-order chi connectivity index (χ0) is 42.7. The van der Waals surface area contributed by atoms with Crippen molar-refractivity contribution < 1.29 is 54.1 Å². The number of carbonyl (C=O) groups is 3. The fourth-order valence-electron chi connectivity index (χ4n) is 8.05. The number of imide groups is 1. The number of aromatic amines is 1. The van der Waals surface area contributed by atoms with E-state index in [2.05, 4.69) is 12.2 Å². The summed E-state index contributed by atoms with van der Waals surface area (Å²) in [5, 5.41) is 57.8. The molecule has 20 nitrogen and oxygen atoms in total. The normalized spacial score (nSPS) is 29.1. The van der Waals surface area contributed by atoms with Crippen LogP contribution in [0.2, 0.25) is 0 Å². The van der Waals surface area contributed by atoms with Gasteiger partial charge >= 0.3 is 11.7 Å². The van der Waals surface area contributed by atoms with Gasteiger partial charge in [-0.2, -0.15) is 0 Å². The van der Waals surface area contributed by atoms with Crippen LogP contribution < -0.4 is 22.3 Å². The van der Waals surface area contributed by atoms with E-state index < -0.39 is 109 Å². The van der Waals surface area contributed by atoms with E-state index in [1.807, 2.05) is 4.98 Å². The molecule has 0 saturated carbocycles. The molecular weight excluding hydrogens is 762 g/mol. The number of rotatable bonds is 24. The molecule has 4 unspecified atom stereocenters. The predicted octanol–water partition coefficient (Wildman–Crippen LogP) is -1.68. The van der Waals surface area contributed by atoms with Gasteiger partial charge in [-0.25, -0.2) is 9.59 Å². The smallest absolute Gasteiger partial charge is 0.330 e. The van der Waals surface area contributed by atoms with Gasteiger partial charge < -0.3 is 55.7 Å². The second kappa shape index (κ2) is 22.3. The van der Waals surface area contributed by atoms with E-state index in [0.717, 1.165) is 52.3 Å². The lowest BCUT2D eigenvalue weighted by atomic mass is 9.96. The molecule has 20 heteroatoms. The van der Waals surface area contributed by atoms with Crippen LogP contribution in [0.25, 0.3) is 0 Å². The number of likely N-dealkylation sites (N-methyl/N-ethyl adjacent to an activating group) is 3. The van der Waals surface area contributed by atoms with Crippen molar-refractivity contribution in [3.63, 3.8) is 0 Å². The van der Waals surface area contributed by atoms with Crippen molar-refractivity contribution in [3.05, 3.63) is 33.1 Å². The SMILES string of the molecule is CCCCCCCCCCCCCCN1C(=O)C([C@@H](O)CN(C)[C@H](C(=O)NC)[C@H](OC2O[C@H](CN)[C@@H](O)[C@H]2O)C2OC(n3ccc(=O)[nH]c3=O)[C@H](O)[C@@H]2O)N(C)C1=O. The standard InChI is InChI=1S/C38H65N7O13/c1-5-6-7-8-9-10-11-12-13-14-15-16-18-44-34(53)25(43(4)38(44)55)22(46)21-42(3)26(33(52)40-2)31(58-36-30(51)27(48)23(20-39)56-36)32-28(49)29(50)35(57-32)45-19-17-24(47)41-37(45)54/h17,19,22-23,25-32,35-36,46,48-51H,5-16,18,20-21,39H2,1-4H3,(H,40,52)(H,41,47,54)/t22-,23+,25?,26-,27+,28-,29+,30+,31-,32?,35?,36?/m0/s1. The molecule has 0 spiro atoms. The van der Waals surface area contributed by atoms with Crippen molar-refractivity contribution >= 4 is 17.8 Å². The van der Waals surface area contributed by atoms with Crippen molar-refractivity contribution in [1.29, 1.82) is 0 Å². The summed E-state index contributed by atoms with van der Waals surface area (Å²) in [7, 11) is 4.10. The average Bonchev–Trinajstić information content (AvgIpc) is 3.72. The molecule has 4 heterocycles. The lowest BCUT2D eigenvalue weighted by molar-refractivity contribution is -0.233. The molecule has 4 rings (SSSR count). The van der Waals surface area contributed by atoms with E-state index in [1.54, 1.807) is 0 Å². The highest BCUT2D eigenvalue weighted by Crippen LogP contribution is 2.35. The summed E-state index contributed by atoms with van der Waals surface area (Å²) in [6.07, 6.45) is -1.56. The third-order valence-corrected chi connectivity index (χ3v) is 11.4. The van der Waals surface area contributed by atoms with Crippen LogP contribution in [0, 0.1) is 0 Å². The third-order valence-electron chi connectivity index (χ3n) is 11.4. The van der Waals surface area contributed by atoms with Crippen molar-refractivity contribution in [3.8, 4) is 0 Å². The van der Waals surface area contributed by atoms with E-state index in [1.165, 1.54) is 71.0 Å². The van der Waals surface area contributed by atoms with Crippen LogP contribution in [-0.4, -0.2) is 176 Å². The largest absolute Gasteiger partial charge is 0.389 e. The Balaban J connectivity index is 1.46. The number of nitrogens with two attached hydrogens (primary N) is 1. The summed E-state index contributed by atoms with van der Waals surface area (Å²) in [5.41, 5.74) is 3.99. The maximum atomic E-state index is 13.7. The Morgan fingerprint density at radius 2 is 1.53 bits per heavy atom. The minimum absolute atomic E-state index is 0.188. The van der Waals surface area contributed by atoms with E-state index in [9.17, 15) is 49.5 Å². The summed E-state index contributed by atoms with van der Waals surface area (Å²) in [6, 6.07) is -2.41. The van der Waals surface area contributed by atoms with Gasteiger partial charge in [0.1, 0.15) is 54.8 Å². The molecule has 0 aromatic carbocycles. The van der Waals surface area contributed by atoms with Gasteiger partial charge in [0.15, 0.2) is 12.5 Å². The van der Waals surface area contributed by atoms with Gasteiger partial charge in [-0.1, -0.05) is 77.6 Å². The molecule has 3 saturated heterocycles. The first-order valence-electron chi connectivity index (χ1n) is 20.6. The molecule has 12 atom stereocenters. The fraction of sp³-hybridized carbons (Fsp3) is 0.816. The molecule has 3 fully saturated rings. The molecular formula is C38H65N7O13. The zero-order valence-corrected chi connectivity index (χ0v) is 34.1. The van der Waals surface area contributed by atoms with Gasteiger partial charge in [0.05, 0.1) is 6.10 Å². The first kappa shape index (κ1) is 47.4. The van der Waals surface area contributed by atoms with Crippen LogP contribution in [0.4, 0.5) is 4.79 Å². The van der Waals surface area contributed by atoms with E-state index in [4.69, 9.17) is 19.9 Å². The van der Waals surface area contributed by atoms with E-state index in [-0.39, 0.29) is 13.1 Å². The zero-order valence-electron chi connectivity index (χ0n) is 34.1. The van der Waals surface area contributed by atoms with Crippen molar-refractivity contribution in [1.82, 2.24) is 29.6 Å². The first-order valence-corrected chi connectivity index (χ1v) is 20.6. The molecule has 330 valence electrons. The molecule has 3 aliphatic heterocycles. The van der Waals surface area contributed by atoms with Crippen molar-refractivity contribution in [2.45, 2.75) is 157 Å². The molecule has 3 aliphatic rings. The Bertz CT molecular complexity index is 1600.